The number of rotatable bonds is 7. The van der Waals surface area contributed by atoms with Crippen LogP contribution in [0.3, 0.4) is 0 Å². The average Bonchev–Trinajstić information content (AvgIpc) is 3.22. The lowest BCUT2D eigenvalue weighted by molar-refractivity contribution is 0.363. The molecule has 1 fully saturated rings. The predicted molar refractivity (Wildman–Crippen MR) is 146 cm³/mol. The molecular formula is C28H47N5O. The van der Waals surface area contributed by atoms with Gasteiger partial charge in [0.2, 0.25) is 0 Å². The molecule has 3 rings (SSSR count). The fourth-order valence-corrected chi connectivity index (χ4v) is 3.75. The van der Waals surface area contributed by atoms with Gasteiger partial charge in [0.1, 0.15) is 11.4 Å². The minimum Gasteiger partial charge on any atom is -0.508 e. The van der Waals surface area contributed by atoms with Crippen molar-refractivity contribution in [2.24, 2.45) is 4.99 Å². The van der Waals surface area contributed by atoms with Crippen molar-refractivity contribution in [1.29, 1.82) is 0 Å². The molecule has 1 aromatic carbocycles. The summed E-state index contributed by atoms with van der Waals surface area (Å²) in [4.78, 5) is 8.80. The summed E-state index contributed by atoms with van der Waals surface area (Å²) in [6, 6.07) is 7.64. The number of hydrogen-bond donors (Lipinski definition) is 3. The van der Waals surface area contributed by atoms with Crippen LogP contribution in [-0.2, 0) is 0 Å². The van der Waals surface area contributed by atoms with Crippen LogP contribution in [0.1, 0.15) is 88.7 Å². The molecule has 1 aliphatic heterocycles. The van der Waals surface area contributed by atoms with E-state index in [-0.39, 0.29) is 0 Å². The molecule has 6 nitrogen and oxygen atoms in total. The number of benzene rings is 1. The van der Waals surface area contributed by atoms with Crippen molar-refractivity contribution in [3.63, 3.8) is 0 Å². The van der Waals surface area contributed by atoms with Crippen molar-refractivity contribution in [1.82, 2.24) is 20.2 Å². The first-order valence-corrected chi connectivity index (χ1v) is 12.7. The molecule has 0 aliphatic carbocycles. The van der Waals surface area contributed by atoms with Gasteiger partial charge < -0.3 is 20.3 Å². The van der Waals surface area contributed by atoms with Gasteiger partial charge in [0.05, 0.1) is 6.33 Å². The molecule has 1 aliphatic rings. The van der Waals surface area contributed by atoms with Gasteiger partial charge in [-0.25, -0.2) is 4.98 Å². The number of amidine groups is 1. The number of aliphatic imine (C=N–C) groups is 1. The van der Waals surface area contributed by atoms with Crippen molar-refractivity contribution < 1.29 is 5.11 Å². The third-order valence-corrected chi connectivity index (χ3v) is 5.76. The Hall–Kier alpha value is -2.60. The van der Waals surface area contributed by atoms with Crippen LogP contribution in [0.15, 0.2) is 47.9 Å². The second kappa shape index (κ2) is 16.9. The zero-order valence-electron chi connectivity index (χ0n) is 22.3. The van der Waals surface area contributed by atoms with Gasteiger partial charge >= 0.3 is 0 Å². The van der Waals surface area contributed by atoms with Crippen molar-refractivity contribution in [3.8, 4) is 5.75 Å². The number of phenols is 1. The summed E-state index contributed by atoms with van der Waals surface area (Å²) in [7, 11) is 1.77. The number of phenolic OH excluding ortho intramolecular Hbond substituents is 1. The summed E-state index contributed by atoms with van der Waals surface area (Å²) in [6.07, 6.45) is 11.3. The third kappa shape index (κ3) is 11.0. The van der Waals surface area contributed by atoms with Crippen LogP contribution in [0.25, 0.3) is 0 Å². The smallest absolute Gasteiger partial charge is 0.153 e. The SMILES string of the molecule is C=C(C)NC(=NC)c1ncn(C2CCNCC2)c1C.CCCCCCC.Cc1ccc(O)cc1. The lowest BCUT2D eigenvalue weighted by Crippen LogP contribution is -2.30. The van der Waals surface area contributed by atoms with E-state index in [0.29, 0.717) is 11.8 Å². The van der Waals surface area contributed by atoms with E-state index in [1.807, 2.05) is 32.3 Å². The number of unbranched alkanes of at least 4 members (excludes halogenated alkanes) is 4. The van der Waals surface area contributed by atoms with E-state index in [1.54, 1.807) is 19.2 Å². The van der Waals surface area contributed by atoms with Crippen molar-refractivity contribution in [2.45, 2.75) is 85.6 Å². The summed E-state index contributed by atoms with van der Waals surface area (Å²) in [5.41, 5.74) is 4.13. The van der Waals surface area contributed by atoms with Gasteiger partial charge in [-0.1, -0.05) is 70.2 Å². The van der Waals surface area contributed by atoms with Crippen molar-refractivity contribution in [2.75, 3.05) is 20.1 Å². The molecule has 34 heavy (non-hydrogen) atoms. The maximum absolute atomic E-state index is 8.76. The molecule has 3 N–H and O–H groups in total. The van der Waals surface area contributed by atoms with Crippen molar-refractivity contribution in [3.05, 3.63) is 59.8 Å². The molecule has 0 spiro atoms. The number of aromatic nitrogens is 2. The molecule has 1 saturated heterocycles. The second-order valence-electron chi connectivity index (χ2n) is 8.94. The fraction of sp³-hybridized carbons (Fsp3) is 0.571. The summed E-state index contributed by atoms with van der Waals surface area (Å²) in [5, 5.41) is 15.3. The highest BCUT2D eigenvalue weighted by molar-refractivity contribution is 5.98. The number of imidazole rings is 1. The van der Waals surface area contributed by atoms with E-state index in [9.17, 15) is 0 Å². The van der Waals surface area contributed by atoms with Crippen LogP contribution in [0.4, 0.5) is 0 Å². The van der Waals surface area contributed by atoms with Gasteiger partial charge in [0, 0.05) is 24.5 Å². The number of aromatic hydroxyl groups is 1. The second-order valence-corrected chi connectivity index (χ2v) is 8.94. The minimum absolute atomic E-state index is 0.329. The van der Waals surface area contributed by atoms with E-state index in [0.717, 1.165) is 43.2 Å². The number of allylic oxidation sites excluding steroid dienone is 1. The molecular weight excluding hydrogens is 422 g/mol. The van der Waals surface area contributed by atoms with Crippen LogP contribution >= 0.6 is 0 Å². The first-order chi connectivity index (χ1) is 16.3. The molecule has 0 unspecified atom stereocenters. The molecule has 0 saturated carbocycles. The Balaban J connectivity index is 0.000000317. The van der Waals surface area contributed by atoms with Gasteiger partial charge in [-0.15, -0.1) is 0 Å². The number of piperidine rings is 1. The van der Waals surface area contributed by atoms with E-state index in [2.05, 4.69) is 52.5 Å². The molecule has 0 amide bonds. The minimum atomic E-state index is 0.329. The molecule has 0 bridgehead atoms. The lowest BCUT2D eigenvalue weighted by Gasteiger charge is -2.25. The Morgan fingerprint density at radius 1 is 1.12 bits per heavy atom. The van der Waals surface area contributed by atoms with Gasteiger partial charge in [-0.3, -0.25) is 4.99 Å². The zero-order valence-corrected chi connectivity index (χ0v) is 22.3. The van der Waals surface area contributed by atoms with E-state index >= 15 is 0 Å². The molecule has 6 heteroatoms. The van der Waals surface area contributed by atoms with Gasteiger partial charge in [0.15, 0.2) is 5.84 Å². The summed E-state index contributed by atoms with van der Waals surface area (Å²) in [6.45, 7) is 16.5. The van der Waals surface area contributed by atoms with Gasteiger partial charge in [-0.05, 0) is 58.8 Å². The predicted octanol–water partition coefficient (Wildman–Crippen LogP) is 6.29. The number of nitrogens with zero attached hydrogens (tertiary/aromatic N) is 3. The van der Waals surface area contributed by atoms with Gasteiger partial charge in [0.25, 0.3) is 0 Å². The summed E-state index contributed by atoms with van der Waals surface area (Å²) < 4.78 is 2.28. The van der Waals surface area contributed by atoms with E-state index in [4.69, 9.17) is 5.11 Å². The zero-order chi connectivity index (χ0) is 25.3. The van der Waals surface area contributed by atoms with Crippen LogP contribution in [0.5, 0.6) is 5.75 Å². The largest absolute Gasteiger partial charge is 0.508 e. The summed E-state index contributed by atoms with van der Waals surface area (Å²) >= 11 is 0. The molecule has 1 aromatic heterocycles. The fourth-order valence-electron chi connectivity index (χ4n) is 3.75. The van der Waals surface area contributed by atoms with Crippen LogP contribution in [0, 0.1) is 13.8 Å². The topological polar surface area (TPSA) is 74.5 Å². The maximum Gasteiger partial charge on any atom is 0.153 e. The Labute approximate surface area is 207 Å². The molecule has 2 aromatic rings. The quantitative estimate of drug-likeness (QED) is 0.253. The first kappa shape index (κ1) is 29.4. The Kier molecular flexibility index (Phi) is 14.7. The Morgan fingerprint density at radius 3 is 2.18 bits per heavy atom. The molecule has 0 radical (unpaired) electrons. The number of nitrogens with one attached hydrogen (secondary N) is 2. The monoisotopic (exact) mass is 469 g/mol. The summed E-state index contributed by atoms with van der Waals surface area (Å²) in [5.74, 6) is 1.12. The highest BCUT2D eigenvalue weighted by atomic mass is 16.3. The third-order valence-electron chi connectivity index (χ3n) is 5.76. The highest BCUT2D eigenvalue weighted by Crippen LogP contribution is 2.22. The van der Waals surface area contributed by atoms with Crippen LogP contribution in [-0.4, -0.2) is 40.6 Å². The van der Waals surface area contributed by atoms with Crippen LogP contribution in [0.2, 0.25) is 0 Å². The molecule has 190 valence electrons. The lowest BCUT2D eigenvalue weighted by atomic mass is 10.1. The maximum atomic E-state index is 8.76. The average molecular weight is 470 g/mol. The van der Waals surface area contributed by atoms with E-state index in [1.165, 1.54) is 43.4 Å². The number of hydrogen-bond acceptors (Lipinski definition) is 4. The number of aryl methyl sites for hydroxylation is 1. The highest BCUT2D eigenvalue weighted by Gasteiger charge is 2.20. The van der Waals surface area contributed by atoms with Crippen molar-refractivity contribution >= 4 is 5.84 Å². The van der Waals surface area contributed by atoms with Crippen LogP contribution < -0.4 is 10.6 Å². The Bertz CT molecular complexity index is 823. The van der Waals surface area contributed by atoms with Gasteiger partial charge in [-0.2, -0.15) is 0 Å². The standard InChI is InChI=1S/C14H23N5.C7H8O.C7H16/c1-10(2)18-14(15-4)13-11(3)19(9-17-13)12-5-7-16-8-6-12;1-6-2-4-7(8)5-3-6;1-3-5-7-6-4-2/h9,12,16H,1,5-8H2,2-4H3,(H,15,18);2-5,8H,1H3;3-7H2,1-2H3. The Morgan fingerprint density at radius 2 is 1.71 bits per heavy atom. The molecule has 2 heterocycles. The molecule has 0 atom stereocenters. The first-order valence-electron chi connectivity index (χ1n) is 12.7. The normalized spacial score (nSPS) is 13.9. The van der Waals surface area contributed by atoms with E-state index < -0.39 is 0 Å².